The highest BCUT2D eigenvalue weighted by Crippen LogP contribution is 2.34. The molecule has 2 aromatic rings. The number of carbonyl (C=O) groups excluding carboxylic acids is 1. The van der Waals surface area contributed by atoms with E-state index in [2.05, 4.69) is 26.6 Å². The van der Waals surface area contributed by atoms with Gasteiger partial charge in [-0.2, -0.15) is 0 Å². The Kier molecular flexibility index (Phi) is 4.98. The Morgan fingerprint density at radius 3 is 3.09 bits per heavy atom. The van der Waals surface area contributed by atoms with Gasteiger partial charge in [-0.3, -0.25) is 9.69 Å². The van der Waals surface area contributed by atoms with E-state index in [-0.39, 0.29) is 5.91 Å². The molecule has 0 spiro atoms. The van der Waals surface area contributed by atoms with Crippen LogP contribution in [-0.4, -0.2) is 28.9 Å². The second kappa shape index (κ2) is 6.96. The number of carbonyl (C=O) groups is 1. The van der Waals surface area contributed by atoms with Gasteiger partial charge in [0.2, 0.25) is 5.91 Å². The first-order valence-electron chi connectivity index (χ1n) is 7.02. The van der Waals surface area contributed by atoms with Crippen LogP contribution in [-0.2, 0) is 4.79 Å². The predicted molar refractivity (Wildman–Crippen MR) is 90.8 cm³/mol. The molecule has 1 aliphatic rings. The van der Waals surface area contributed by atoms with E-state index in [1.54, 1.807) is 17.4 Å². The van der Waals surface area contributed by atoms with Gasteiger partial charge < -0.3 is 5.32 Å². The summed E-state index contributed by atoms with van der Waals surface area (Å²) in [5.74, 6) is 0.239. The summed E-state index contributed by atoms with van der Waals surface area (Å²) in [7, 11) is 0. The molecule has 1 atom stereocenters. The largest absolute Gasteiger partial charge is 0.308 e. The zero-order chi connectivity index (χ0) is 15.5. The number of halogens is 2. The van der Waals surface area contributed by atoms with Gasteiger partial charge >= 0.3 is 0 Å². The number of aromatic nitrogens is 1. The fourth-order valence-corrected chi connectivity index (χ4v) is 4.00. The molecule has 7 heteroatoms. The molecule has 22 heavy (non-hydrogen) atoms. The van der Waals surface area contributed by atoms with Crippen LogP contribution in [0.15, 0.2) is 29.8 Å². The zero-order valence-electron chi connectivity index (χ0n) is 11.8. The van der Waals surface area contributed by atoms with E-state index in [0.29, 0.717) is 28.4 Å². The Bertz CT molecular complexity index is 663. The van der Waals surface area contributed by atoms with Gasteiger partial charge in [0, 0.05) is 17.1 Å². The molecule has 0 saturated carbocycles. The molecule has 2 aromatic heterocycles. The first-order chi connectivity index (χ1) is 10.6. The van der Waals surface area contributed by atoms with Crippen molar-refractivity contribution in [3.8, 4) is 0 Å². The van der Waals surface area contributed by atoms with E-state index < -0.39 is 0 Å². The lowest BCUT2D eigenvalue weighted by Gasteiger charge is -2.22. The van der Waals surface area contributed by atoms with Crippen LogP contribution >= 0.6 is 34.5 Å². The Labute approximate surface area is 143 Å². The van der Waals surface area contributed by atoms with Crippen LogP contribution in [0.2, 0.25) is 10.0 Å². The minimum Gasteiger partial charge on any atom is -0.308 e. The molecule has 0 unspecified atom stereocenters. The van der Waals surface area contributed by atoms with Gasteiger partial charge in [0.05, 0.1) is 16.6 Å². The summed E-state index contributed by atoms with van der Waals surface area (Å²) in [6.07, 6.45) is 3.66. The number of likely N-dealkylation sites (tertiary alicyclic amines) is 1. The third-order valence-electron chi connectivity index (χ3n) is 3.65. The van der Waals surface area contributed by atoms with Crippen LogP contribution in [0.3, 0.4) is 0 Å². The molecule has 0 radical (unpaired) electrons. The molecular formula is C15H15Cl2N3OS. The summed E-state index contributed by atoms with van der Waals surface area (Å²) in [5.41, 5.74) is 0. The average Bonchev–Trinajstić information content (AvgIpc) is 3.12. The highest BCUT2D eigenvalue weighted by Gasteiger charge is 2.28. The third-order valence-corrected chi connectivity index (χ3v) is 5.12. The topological polar surface area (TPSA) is 45.2 Å². The van der Waals surface area contributed by atoms with Crippen LogP contribution in [0.5, 0.6) is 0 Å². The lowest BCUT2D eigenvalue weighted by atomic mass is 10.2. The van der Waals surface area contributed by atoms with Gasteiger partial charge in [-0.1, -0.05) is 29.3 Å². The van der Waals surface area contributed by atoms with Crippen molar-refractivity contribution in [1.29, 1.82) is 0 Å². The standard InChI is InChI=1S/C15H15Cl2N3OS/c16-10-7-11(17)15(18-8-10)19-14(21)9-20-5-1-3-12(20)13-4-2-6-22-13/h2,4,6-8,12H,1,3,5,9H2,(H,18,19,21)/t12-/m1/s1. The zero-order valence-corrected chi connectivity index (χ0v) is 14.1. The molecular weight excluding hydrogens is 341 g/mol. The van der Waals surface area contributed by atoms with Crippen molar-refractivity contribution >= 4 is 46.3 Å². The summed E-state index contributed by atoms with van der Waals surface area (Å²) >= 11 is 13.6. The summed E-state index contributed by atoms with van der Waals surface area (Å²) in [5, 5.41) is 5.61. The normalized spacial score (nSPS) is 18.5. The molecule has 1 N–H and O–H groups in total. The molecule has 0 aliphatic carbocycles. The highest BCUT2D eigenvalue weighted by molar-refractivity contribution is 7.10. The van der Waals surface area contributed by atoms with Gasteiger partial charge in [0.15, 0.2) is 5.82 Å². The van der Waals surface area contributed by atoms with Crippen LogP contribution < -0.4 is 5.32 Å². The number of pyridine rings is 1. The maximum atomic E-state index is 12.2. The van der Waals surface area contributed by atoms with Crippen LogP contribution in [0.25, 0.3) is 0 Å². The van der Waals surface area contributed by atoms with E-state index >= 15 is 0 Å². The summed E-state index contributed by atoms with van der Waals surface area (Å²) < 4.78 is 0. The van der Waals surface area contributed by atoms with Crippen LogP contribution in [0.1, 0.15) is 23.8 Å². The Morgan fingerprint density at radius 1 is 1.50 bits per heavy atom. The molecule has 1 saturated heterocycles. The number of thiophene rings is 1. The molecule has 3 heterocycles. The molecule has 0 aromatic carbocycles. The molecule has 3 rings (SSSR count). The lowest BCUT2D eigenvalue weighted by Crippen LogP contribution is -2.32. The van der Waals surface area contributed by atoms with Crippen molar-refractivity contribution in [2.24, 2.45) is 0 Å². The summed E-state index contributed by atoms with van der Waals surface area (Å²) in [4.78, 5) is 19.8. The van der Waals surface area contributed by atoms with Crippen LogP contribution in [0.4, 0.5) is 5.82 Å². The van der Waals surface area contributed by atoms with Crippen LogP contribution in [0, 0.1) is 0 Å². The Morgan fingerprint density at radius 2 is 2.36 bits per heavy atom. The van der Waals surface area contributed by atoms with Crippen molar-refractivity contribution in [3.63, 3.8) is 0 Å². The quantitative estimate of drug-likeness (QED) is 0.892. The van der Waals surface area contributed by atoms with Crippen molar-refractivity contribution in [3.05, 3.63) is 44.7 Å². The third kappa shape index (κ3) is 3.60. The van der Waals surface area contributed by atoms with E-state index in [1.807, 2.05) is 6.07 Å². The smallest absolute Gasteiger partial charge is 0.239 e. The van der Waals surface area contributed by atoms with Gasteiger partial charge in [0.25, 0.3) is 0 Å². The van der Waals surface area contributed by atoms with Crippen molar-refractivity contribution in [2.45, 2.75) is 18.9 Å². The Balaban J connectivity index is 1.64. The number of anilines is 1. The molecule has 1 fully saturated rings. The average molecular weight is 356 g/mol. The molecule has 116 valence electrons. The first kappa shape index (κ1) is 15.7. The molecule has 1 aliphatic heterocycles. The van der Waals surface area contributed by atoms with E-state index in [0.717, 1.165) is 19.4 Å². The van der Waals surface area contributed by atoms with E-state index in [4.69, 9.17) is 23.2 Å². The summed E-state index contributed by atoms with van der Waals surface area (Å²) in [6.45, 7) is 1.26. The number of rotatable bonds is 4. The fourth-order valence-electron chi connectivity index (χ4n) is 2.68. The highest BCUT2D eigenvalue weighted by atomic mass is 35.5. The predicted octanol–water partition coefficient (Wildman–Crippen LogP) is 4.23. The van der Waals surface area contributed by atoms with Gasteiger partial charge in [-0.05, 0) is 36.9 Å². The van der Waals surface area contributed by atoms with Gasteiger partial charge in [-0.15, -0.1) is 11.3 Å². The molecule has 4 nitrogen and oxygen atoms in total. The molecule has 1 amide bonds. The fraction of sp³-hybridized carbons (Fsp3) is 0.333. The van der Waals surface area contributed by atoms with Gasteiger partial charge in [-0.25, -0.2) is 4.98 Å². The minimum absolute atomic E-state index is 0.111. The van der Waals surface area contributed by atoms with Gasteiger partial charge in [0.1, 0.15) is 0 Å². The monoisotopic (exact) mass is 355 g/mol. The second-order valence-corrected chi connectivity index (χ2v) is 7.00. The first-order valence-corrected chi connectivity index (χ1v) is 8.65. The van der Waals surface area contributed by atoms with Crippen molar-refractivity contribution in [2.75, 3.05) is 18.4 Å². The second-order valence-electron chi connectivity index (χ2n) is 5.18. The van der Waals surface area contributed by atoms with Crippen molar-refractivity contribution in [1.82, 2.24) is 9.88 Å². The number of hydrogen-bond donors (Lipinski definition) is 1. The number of nitrogens with zero attached hydrogens (tertiary/aromatic N) is 2. The van der Waals surface area contributed by atoms with Crippen molar-refractivity contribution < 1.29 is 4.79 Å². The lowest BCUT2D eigenvalue weighted by molar-refractivity contribution is -0.117. The van der Waals surface area contributed by atoms with E-state index in [1.165, 1.54) is 11.1 Å². The Hall–Kier alpha value is -1.14. The minimum atomic E-state index is -0.111. The van der Waals surface area contributed by atoms with E-state index in [9.17, 15) is 4.79 Å². The SMILES string of the molecule is O=C(CN1CCC[C@@H]1c1cccs1)Nc1ncc(Cl)cc1Cl. The molecule has 0 bridgehead atoms. The number of nitrogens with one attached hydrogen (secondary N) is 1. The number of amides is 1. The summed E-state index contributed by atoms with van der Waals surface area (Å²) in [6, 6.07) is 6.08. The maximum absolute atomic E-state index is 12.2. The maximum Gasteiger partial charge on any atom is 0.239 e. The number of hydrogen-bond acceptors (Lipinski definition) is 4.